The third-order valence-electron chi connectivity index (χ3n) is 6.97. The summed E-state index contributed by atoms with van der Waals surface area (Å²) >= 11 is 0. The van der Waals surface area contributed by atoms with Crippen LogP contribution in [-0.2, 0) is 11.2 Å². The van der Waals surface area contributed by atoms with Crippen LogP contribution in [0.5, 0.6) is 0 Å². The van der Waals surface area contributed by atoms with Gasteiger partial charge in [-0.2, -0.15) is 0 Å². The Kier molecular flexibility index (Phi) is 4.16. The van der Waals surface area contributed by atoms with Gasteiger partial charge in [0, 0.05) is 11.0 Å². The number of aryl methyl sites for hydroxylation is 1. The Bertz CT molecular complexity index is 600. The molecule has 4 atom stereocenters. The lowest BCUT2D eigenvalue weighted by Gasteiger charge is -2.57. The Morgan fingerprint density at radius 3 is 2.83 bits per heavy atom. The number of carboxylic acids is 1. The van der Waals surface area contributed by atoms with E-state index >= 15 is 0 Å². The third kappa shape index (κ3) is 2.64. The van der Waals surface area contributed by atoms with Gasteiger partial charge < -0.3 is 9.52 Å². The number of fused-ring (bicyclic) bond motifs is 1. The molecule has 23 heavy (non-hydrogen) atoms. The Hall–Kier alpha value is -1.51. The Balaban J connectivity index is 1.89. The summed E-state index contributed by atoms with van der Waals surface area (Å²) in [7, 11) is 0. The van der Waals surface area contributed by atoms with Crippen molar-refractivity contribution in [3.63, 3.8) is 0 Å². The van der Waals surface area contributed by atoms with E-state index in [1.807, 2.05) is 18.4 Å². The van der Waals surface area contributed by atoms with Gasteiger partial charge in [-0.15, -0.1) is 0 Å². The fourth-order valence-corrected chi connectivity index (χ4v) is 5.29. The molecule has 0 unspecified atom stereocenters. The molecule has 1 fully saturated rings. The summed E-state index contributed by atoms with van der Waals surface area (Å²) in [6.45, 7) is 6.94. The third-order valence-corrected chi connectivity index (χ3v) is 6.97. The minimum Gasteiger partial charge on any atom is -0.478 e. The number of carbonyl (C=O) groups is 1. The first-order valence-corrected chi connectivity index (χ1v) is 8.83. The fraction of sp³-hybridized carbons (Fsp3) is 0.650. The van der Waals surface area contributed by atoms with E-state index in [1.54, 1.807) is 6.26 Å². The predicted octanol–water partition coefficient (Wildman–Crippen LogP) is 5.08. The largest absolute Gasteiger partial charge is 0.478 e. The summed E-state index contributed by atoms with van der Waals surface area (Å²) in [4.78, 5) is 11.8. The second-order valence-electron chi connectivity index (χ2n) is 8.05. The molecule has 0 saturated heterocycles. The van der Waals surface area contributed by atoms with Gasteiger partial charge in [0.25, 0.3) is 0 Å². The first-order valence-electron chi connectivity index (χ1n) is 8.83. The van der Waals surface area contributed by atoms with Gasteiger partial charge in [-0.25, -0.2) is 4.79 Å². The second-order valence-corrected chi connectivity index (χ2v) is 8.05. The van der Waals surface area contributed by atoms with E-state index in [0.29, 0.717) is 17.4 Å². The summed E-state index contributed by atoms with van der Waals surface area (Å²) < 4.78 is 5.20. The molecule has 3 rings (SSSR count). The number of rotatable bonds is 4. The van der Waals surface area contributed by atoms with E-state index in [4.69, 9.17) is 4.42 Å². The van der Waals surface area contributed by atoms with E-state index in [2.05, 4.69) is 20.8 Å². The molecule has 2 aliphatic carbocycles. The first kappa shape index (κ1) is 16.4. The molecule has 0 amide bonds. The molecule has 1 saturated carbocycles. The number of aliphatic carboxylic acids is 1. The van der Waals surface area contributed by atoms with Crippen molar-refractivity contribution in [2.24, 2.45) is 22.7 Å². The summed E-state index contributed by atoms with van der Waals surface area (Å²) in [5.41, 5.74) is 1.91. The van der Waals surface area contributed by atoms with Crippen LogP contribution >= 0.6 is 0 Å². The van der Waals surface area contributed by atoms with Gasteiger partial charge in [-0.1, -0.05) is 26.8 Å². The summed E-state index contributed by atoms with van der Waals surface area (Å²) in [6, 6.07) is 2.04. The van der Waals surface area contributed by atoms with Gasteiger partial charge >= 0.3 is 5.97 Å². The number of carboxylic acid groups (broad SMARTS) is 1. The minimum absolute atomic E-state index is 0.179. The van der Waals surface area contributed by atoms with Crippen LogP contribution in [0.15, 0.2) is 34.7 Å². The molecule has 0 aliphatic heterocycles. The molecule has 3 heteroatoms. The average molecular weight is 316 g/mol. The van der Waals surface area contributed by atoms with Gasteiger partial charge in [0.15, 0.2) is 0 Å². The molecule has 126 valence electrons. The standard InChI is InChI=1S/C20H28O3/c1-14-7-10-20(3)16(18(21)22)5-4-6-17(20)19(14,2)11-8-15-9-12-23-13-15/h5,9,12-14,17H,4,6-8,10-11H2,1-3H3,(H,21,22)/t14-,17-,19+,20+/m1/s1. The van der Waals surface area contributed by atoms with E-state index < -0.39 is 5.97 Å². The van der Waals surface area contributed by atoms with Crippen molar-refractivity contribution in [1.82, 2.24) is 0 Å². The van der Waals surface area contributed by atoms with Gasteiger partial charge in [0.1, 0.15) is 0 Å². The van der Waals surface area contributed by atoms with Crippen molar-refractivity contribution in [2.75, 3.05) is 0 Å². The average Bonchev–Trinajstić information content (AvgIpc) is 3.02. The zero-order valence-corrected chi connectivity index (χ0v) is 14.5. The van der Waals surface area contributed by atoms with Crippen LogP contribution in [0.2, 0.25) is 0 Å². The highest BCUT2D eigenvalue weighted by Crippen LogP contribution is 2.61. The van der Waals surface area contributed by atoms with Crippen LogP contribution in [0, 0.1) is 22.7 Å². The molecule has 1 aromatic rings. The number of furan rings is 1. The van der Waals surface area contributed by atoms with Crippen molar-refractivity contribution in [3.8, 4) is 0 Å². The highest BCUT2D eigenvalue weighted by Gasteiger charge is 2.55. The van der Waals surface area contributed by atoms with Crippen LogP contribution < -0.4 is 0 Å². The monoisotopic (exact) mass is 316 g/mol. The lowest BCUT2D eigenvalue weighted by molar-refractivity contribution is -0.137. The molecule has 0 radical (unpaired) electrons. The molecule has 0 bridgehead atoms. The Labute approximate surface area is 138 Å². The maximum atomic E-state index is 11.8. The van der Waals surface area contributed by atoms with E-state index in [0.717, 1.165) is 38.5 Å². The van der Waals surface area contributed by atoms with Gasteiger partial charge in [-0.05, 0) is 67.4 Å². The maximum Gasteiger partial charge on any atom is 0.331 e. The summed E-state index contributed by atoms with van der Waals surface area (Å²) in [6.07, 6.45) is 11.8. The van der Waals surface area contributed by atoms with E-state index in [9.17, 15) is 9.90 Å². The molecule has 2 aliphatic rings. The first-order chi connectivity index (χ1) is 10.9. The van der Waals surface area contributed by atoms with Crippen molar-refractivity contribution in [2.45, 2.75) is 59.3 Å². The van der Waals surface area contributed by atoms with Gasteiger partial charge in [0.05, 0.1) is 12.5 Å². The molecule has 0 spiro atoms. The highest BCUT2D eigenvalue weighted by molar-refractivity contribution is 5.88. The molecule has 1 heterocycles. The zero-order valence-electron chi connectivity index (χ0n) is 14.5. The molecule has 1 aromatic heterocycles. The topological polar surface area (TPSA) is 50.4 Å². The molecule has 0 aromatic carbocycles. The summed E-state index contributed by atoms with van der Waals surface area (Å²) in [5, 5.41) is 9.68. The van der Waals surface area contributed by atoms with Crippen LogP contribution in [0.25, 0.3) is 0 Å². The number of hydrogen-bond donors (Lipinski definition) is 1. The smallest absolute Gasteiger partial charge is 0.331 e. The van der Waals surface area contributed by atoms with E-state index in [-0.39, 0.29) is 10.8 Å². The van der Waals surface area contributed by atoms with Gasteiger partial charge in [0.2, 0.25) is 0 Å². The predicted molar refractivity (Wildman–Crippen MR) is 90.1 cm³/mol. The Morgan fingerprint density at radius 1 is 1.39 bits per heavy atom. The summed E-state index contributed by atoms with van der Waals surface area (Å²) in [5.74, 6) is 0.353. The second kappa shape index (κ2) is 5.85. The number of allylic oxidation sites excluding steroid dienone is 1. The molecule has 1 N–H and O–H groups in total. The molecular weight excluding hydrogens is 288 g/mol. The van der Waals surface area contributed by atoms with Crippen molar-refractivity contribution < 1.29 is 14.3 Å². The van der Waals surface area contributed by atoms with Crippen LogP contribution in [-0.4, -0.2) is 11.1 Å². The number of hydrogen-bond acceptors (Lipinski definition) is 2. The fourth-order valence-electron chi connectivity index (χ4n) is 5.29. The minimum atomic E-state index is -0.719. The van der Waals surface area contributed by atoms with Crippen molar-refractivity contribution in [3.05, 3.63) is 35.8 Å². The van der Waals surface area contributed by atoms with Gasteiger partial charge in [-0.3, -0.25) is 0 Å². The molecular formula is C20H28O3. The lowest BCUT2D eigenvalue weighted by atomic mass is 9.46. The van der Waals surface area contributed by atoms with Crippen LogP contribution in [0.3, 0.4) is 0 Å². The molecule has 3 nitrogen and oxygen atoms in total. The maximum absolute atomic E-state index is 11.8. The SMILES string of the molecule is C[C@@H]1CC[C@@]2(C)C(C(=O)O)=CCC[C@@H]2[C@@]1(C)CCc1ccoc1. The van der Waals surface area contributed by atoms with Crippen LogP contribution in [0.1, 0.15) is 58.4 Å². The zero-order chi connectivity index (χ0) is 16.7. The highest BCUT2D eigenvalue weighted by atomic mass is 16.4. The van der Waals surface area contributed by atoms with Crippen LogP contribution in [0.4, 0.5) is 0 Å². The van der Waals surface area contributed by atoms with Crippen molar-refractivity contribution in [1.29, 1.82) is 0 Å². The van der Waals surface area contributed by atoms with E-state index in [1.165, 1.54) is 5.56 Å². The normalized spacial score (nSPS) is 37.1. The lowest BCUT2D eigenvalue weighted by Crippen LogP contribution is -2.51. The quantitative estimate of drug-likeness (QED) is 0.843. The van der Waals surface area contributed by atoms with Crippen molar-refractivity contribution >= 4 is 5.97 Å². The Morgan fingerprint density at radius 2 is 2.17 bits per heavy atom.